The minimum Gasteiger partial charge on any atom is -0.493 e. The van der Waals surface area contributed by atoms with E-state index in [0.29, 0.717) is 28.0 Å². The van der Waals surface area contributed by atoms with E-state index in [0.717, 1.165) is 6.42 Å². The highest BCUT2D eigenvalue weighted by molar-refractivity contribution is 7.80. The van der Waals surface area contributed by atoms with Gasteiger partial charge in [-0.05, 0) is 49.0 Å². The number of hydrazine groups is 1. The molecule has 0 aliphatic heterocycles. The highest BCUT2D eigenvalue weighted by atomic mass is 35.5. The van der Waals surface area contributed by atoms with Crippen molar-refractivity contribution in [1.29, 1.82) is 0 Å². The molecule has 0 atom stereocenters. The van der Waals surface area contributed by atoms with Crippen molar-refractivity contribution in [3.8, 4) is 5.75 Å². The SMILES string of the molecule is CCCOc1ccccc1C(=O)NNC(=S)NC(=O)c1cc(Cl)cc(Cl)c1. The fourth-order valence-electron chi connectivity index (χ4n) is 2.06. The second kappa shape index (κ2) is 10.1. The fourth-order valence-corrected chi connectivity index (χ4v) is 2.73. The van der Waals surface area contributed by atoms with Gasteiger partial charge in [0, 0.05) is 15.6 Å². The summed E-state index contributed by atoms with van der Waals surface area (Å²) in [6.45, 7) is 2.47. The molecule has 0 fully saturated rings. The van der Waals surface area contributed by atoms with Crippen LogP contribution in [0.5, 0.6) is 5.75 Å². The maximum Gasteiger partial charge on any atom is 0.273 e. The third-order valence-electron chi connectivity index (χ3n) is 3.23. The van der Waals surface area contributed by atoms with E-state index in [4.69, 9.17) is 40.2 Å². The predicted octanol–water partition coefficient (Wildman–Crippen LogP) is 3.73. The number of rotatable bonds is 5. The molecule has 2 aromatic carbocycles. The van der Waals surface area contributed by atoms with E-state index in [1.54, 1.807) is 24.3 Å². The number of para-hydroxylation sites is 1. The first kappa shape index (κ1) is 21.0. The number of thiocarbonyl (C=S) groups is 1. The van der Waals surface area contributed by atoms with Gasteiger partial charge in [0.25, 0.3) is 11.8 Å². The van der Waals surface area contributed by atoms with Crippen LogP contribution in [0.15, 0.2) is 42.5 Å². The van der Waals surface area contributed by atoms with Gasteiger partial charge in [-0.2, -0.15) is 0 Å². The first-order chi connectivity index (χ1) is 12.9. The maximum absolute atomic E-state index is 12.3. The first-order valence-electron chi connectivity index (χ1n) is 8.00. The molecule has 0 spiro atoms. The van der Waals surface area contributed by atoms with Gasteiger partial charge < -0.3 is 4.74 Å². The number of hydrogen-bond donors (Lipinski definition) is 3. The first-order valence-corrected chi connectivity index (χ1v) is 9.16. The Kier molecular flexibility index (Phi) is 7.84. The molecule has 3 N–H and O–H groups in total. The topological polar surface area (TPSA) is 79.5 Å². The summed E-state index contributed by atoms with van der Waals surface area (Å²) in [6, 6.07) is 11.2. The van der Waals surface area contributed by atoms with Crippen molar-refractivity contribution < 1.29 is 14.3 Å². The molecule has 2 amide bonds. The van der Waals surface area contributed by atoms with Gasteiger partial charge in [0.2, 0.25) is 0 Å². The van der Waals surface area contributed by atoms with Crippen LogP contribution in [0.1, 0.15) is 34.1 Å². The lowest BCUT2D eigenvalue weighted by atomic mass is 10.2. The average Bonchev–Trinajstić information content (AvgIpc) is 2.63. The number of amides is 2. The molecule has 27 heavy (non-hydrogen) atoms. The van der Waals surface area contributed by atoms with Crippen molar-refractivity contribution in [2.45, 2.75) is 13.3 Å². The summed E-state index contributed by atoms with van der Waals surface area (Å²) < 4.78 is 5.54. The van der Waals surface area contributed by atoms with E-state index in [2.05, 4.69) is 16.2 Å². The Bertz CT molecular complexity index is 841. The average molecular weight is 426 g/mol. The number of halogens is 2. The summed E-state index contributed by atoms with van der Waals surface area (Å²) in [5.74, 6) is -0.510. The summed E-state index contributed by atoms with van der Waals surface area (Å²) in [7, 11) is 0. The third-order valence-corrected chi connectivity index (χ3v) is 3.88. The van der Waals surface area contributed by atoms with Crippen LogP contribution in [0.25, 0.3) is 0 Å². The minimum atomic E-state index is -0.516. The van der Waals surface area contributed by atoms with Crippen LogP contribution in [0.3, 0.4) is 0 Å². The lowest BCUT2D eigenvalue weighted by Crippen LogP contribution is -2.48. The van der Waals surface area contributed by atoms with E-state index in [1.165, 1.54) is 18.2 Å². The molecule has 142 valence electrons. The maximum atomic E-state index is 12.3. The van der Waals surface area contributed by atoms with Crippen molar-refractivity contribution in [2.24, 2.45) is 0 Å². The van der Waals surface area contributed by atoms with Crippen molar-refractivity contribution in [3.63, 3.8) is 0 Å². The fraction of sp³-hybridized carbons (Fsp3) is 0.167. The van der Waals surface area contributed by atoms with Gasteiger partial charge in [-0.1, -0.05) is 42.3 Å². The Morgan fingerprint density at radius 1 is 1.04 bits per heavy atom. The number of ether oxygens (including phenoxy) is 1. The van der Waals surface area contributed by atoms with Gasteiger partial charge >= 0.3 is 0 Å². The van der Waals surface area contributed by atoms with E-state index in [-0.39, 0.29) is 10.7 Å². The molecule has 6 nitrogen and oxygen atoms in total. The largest absolute Gasteiger partial charge is 0.493 e. The summed E-state index contributed by atoms with van der Waals surface area (Å²) in [6.07, 6.45) is 0.817. The van der Waals surface area contributed by atoms with Crippen LogP contribution in [-0.4, -0.2) is 23.5 Å². The lowest BCUT2D eigenvalue weighted by Gasteiger charge is -2.13. The Balaban J connectivity index is 1.93. The molecular formula is C18H17Cl2N3O3S. The van der Waals surface area contributed by atoms with Crippen LogP contribution in [0.2, 0.25) is 10.0 Å². The Morgan fingerprint density at radius 3 is 2.37 bits per heavy atom. The molecule has 0 aliphatic rings. The molecule has 2 rings (SSSR count). The normalized spacial score (nSPS) is 10.0. The standard InChI is InChI=1S/C18H17Cl2N3O3S/c1-2-7-26-15-6-4-3-5-14(15)17(25)22-23-18(27)21-16(24)11-8-12(19)10-13(20)9-11/h3-6,8-10H,2,7H2,1H3,(H,22,25)(H2,21,23,24,27). The van der Waals surface area contributed by atoms with Crippen molar-refractivity contribution in [2.75, 3.05) is 6.61 Å². The zero-order chi connectivity index (χ0) is 19.8. The summed E-state index contributed by atoms with van der Waals surface area (Å²) in [5.41, 5.74) is 5.47. The monoisotopic (exact) mass is 425 g/mol. The highest BCUT2D eigenvalue weighted by Crippen LogP contribution is 2.19. The van der Waals surface area contributed by atoms with Crippen LogP contribution >= 0.6 is 35.4 Å². The molecule has 0 unspecified atom stereocenters. The van der Waals surface area contributed by atoms with E-state index in [1.807, 2.05) is 6.92 Å². The zero-order valence-corrected chi connectivity index (χ0v) is 16.7. The van der Waals surface area contributed by atoms with E-state index in [9.17, 15) is 9.59 Å². The predicted molar refractivity (Wildman–Crippen MR) is 109 cm³/mol. The molecule has 0 radical (unpaired) electrons. The Hall–Kier alpha value is -2.35. The summed E-state index contributed by atoms with van der Waals surface area (Å²) in [5, 5.41) is 2.98. The Labute approximate surface area is 172 Å². The molecule has 9 heteroatoms. The van der Waals surface area contributed by atoms with Crippen molar-refractivity contribution in [3.05, 3.63) is 63.6 Å². The van der Waals surface area contributed by atoms with Gasteiger partial charge in [-0.3, -0.25) is 25.8 Å². The van der Waals surface area contributed by atoms with Gasteiger partial charge in [0.1, 0.15) is 5.75 Å². The molecule has 0 saturated carbocycles. The van der Waals surface area contributed by atoms with E-state index >= 15 is 0 Å². The van der Waals surface area contributed by atoms with Gasteiger partial charge in [0.15, 0.2) is 5.11 Å². The minimum absolute atomic E-state index is 0.0867. The number of nitrogens with one attached hydrogen (secondary N) is 3. The second-order valence-electron chi connectivity index (χ2n) is 5.37. The van der Waals surface area contributed by atoms with Crippen molar-refractivity contribution >= 4 is 52.3 Å². The van der Waals surface area contributed by atoms with Gasteiger partial charge in [-0.15, -0.1) is 0 Å². The molecule has 0 saturated heterocycles. The lowest BCUT2D eigenvalue weighted by molar-refractivity contribution is 0.0931. The summed E-state index contributed by atoms with van der Waals surface area (Å²) >= 11 is 16.8. The molecule has 0 aromatic heterocycles. The van der Waals surface area contributed by atoms with Crippen LogP contribution in [-0.2, 0) is 0 Å². The Morgan fingerprint density at radius 2 is 1.70 bits per heavy atom. The number of benzene rings is 2. The summed E-state index contributed by atoms with van der Waals surface area (Å²) in [4.78, 5) is 24.5. The number of carbonyl (C=O) groups excluding carboxylic acids is 2. The molecule has 0 bridgehead atoms. The van der Waals surface area contributed by atoms with Crippen LogP contribution in [0.4, 0.5) is 0 Å². The quantitative estimate of drug-likeness (QED) is 0.502. The third kappa shape index (κ3) is 6.39. The highest BCUT2D eigenvalue weighted by Gasteiger charge is 2.14. The molecule has 2 aromatic rings. The molecule has 0 heterocycles. The number of carbonyl (C=O) groups is 2. The van der Waals surface area contributed by atoms with Crippen LogP contribution < -0.4 is 20.9 Å². The number of hydrogen-bond acceptors (Lipinski definition) is 4. The zero-order valence-electron chi connectivity index (χ0n) is 14.3. The van der Waals surface area contributed by atoms with Crippen molar-refractivity contribution in [1.82, 2.24) is 16.2 Å². The van der Waals surface area contributed by atoms with Crippen LogP contribution in [0, 0.1) is 0 Å². The molecule has 0 aliphatic carbocycles. The van der Waals surface area contributed by atoms with E-state index < -0.39 is 11.8 Å². The molecular weight excluding hydrogens is 409 g/mol. The smallest absolute Gasteiger partial charge is 0.273 e. The second-order valence-corrected chi connectivity index (χ2v) is 6.65. The van der Waals surface area contributed by atoms with Gasteiger partial charge in [0.05, 0.1) is 12.2 Å². The van der Waals surface area contributed by atoms with Gasteiger partial charge in [-0.25, -0.2) is 0 Å².